The number of halogens is 1. The normalized spacial score (nSPS) is 10.9. The molecule has 18 heavy (non-hydrogen) atoms. The molecule has 2 N–H and O–H groups in total. The van der Waals surface area contributed by atoms with Crippen LogP contribution in [0.25, 0.3) is 32.7 Å². The maximum atomic E-state index is 3.45. The number of aromatic nitrogens is 2. The fourth-order valence-electron chi connectivity index (χ4n) is 2.54. The van der Waals surface area contributed by atoms with Crippen molar-refractivity contribution in [2.24, 2.45) is 0 Å². The number of nitrogens with one attached hydrogen (secondary N) is 2. The number of H-pyrrole nitrogens is 2. The summed E-state index contributed by atoms with van der Waals surface area (Å²) in [5.74, 6) is 0. The molecule has 2 aromatic heterocycles. The summed E-state index contributed by atoms with van der Waals surface area (Å²) in [5, 5.41) is 3.79. The second-order valence-electron chi connectivity index (χ2n) is 4.29. The van der Waals surface area contributed by atoms with Gasteiger partial charge in [-0.15, -0.1) is 0 Å². The molecule has 2 heterocycles. The van der Waals surface area contributed by atoms with Crippen LogP contribution >= 0.6 is 0 Å². The first-order chi connectivity index (χ1) is 8.43. The van der Waals surface area contributed by atoms with Gasteiger partial charge in [0.25, 0.3) is 0 Å². The standard InChI is InChI=1S/C15H10N2.ClH/c1-2-6-12-11(5-1)14-13(17-12)8-7-10-4-3-9-16-15(10)14;/h1-9,17H;1H. The molecule has 0 saturated carbocycles. The largest absolute Gasteiger partial charge is 1.00 e. The van der Waals surface area contributed by atoms with Crippen molar-refractivity contribution >= 4 is 32.7 Å². The third-order valence-electron chi connectivity index (χ3n) is 3.30. The molecule has 0 aliphatic carbocycles. The smallest absolute Gasteiger partial charge is 0.220 e. The van der Waals surface area contributed by atoms with Gasteiger partial charge in [-0.1, -0.05) is 18.2 Å². The Morgan fingerprint density at radius 2 is 1.72 bits per heavy atom. The Morgan fingerprint density at radius 3 is 2.67 bits per heavy atom. The van der Waals surface area contributed by atoms with Crippen molar-refractivity contribution in [2.45, 2.75) is 0 Å². The number of fused-ring (bicyclic) bond motifs is 5. The number of rotatable bonds is 0. The first-order valence-corrected chi connectivity index (χ1v) is 5.73. The zero-order chi connectivity index (χ0) is 11.2. The summed E-state index contributed by atoms with van der Waals surface area (Å²) in [4.78, 5) is 6.80. The Bertz CT molecular complexity index is 843. The van der Waals surface area contributed by atoms with E-state index in [-0.39, 0.29) is 12.4 Å². The fraction of sp³-hybridized carbons (Fsp3) is 0. The molecular weight excluding hydrogens is 244 g/mol. The molecule has 2 aromatic carbocycles. The van der Waals surface area contributed by atoms with Gasteiger partial charge in [0.2, 0.25) is 5.52 Å². The lowest BCUT2D eigenvalue weighted by Gasteiger charge is -1.93. The highest BCUT2D eigenvalue weighted by Crippen LogP contribution is 2.29. The minimum atomic E-state index is 0. The molecule has 0 aliphatic rings. The van der Waals surface area contributed by atoms with Crippen molar-refractivity contribution in [1.29, 1.82) is 0 Å². The Hall–Kier alpha value is -2.06. The Kier molecular flexibility index (Phi) is 2.46. The van der Waals surface area contributed by atoms with E-state index in [1.807, 2.05) is 12.3 Å². The maximum absolute atomic E-state index is 3.45. The van der Waals surface area contributed by atoms with E-state index in [4.69, 9.17) is 0 Å². The Morgan fingerprint density at radius 1 is 0.833 bits per heavy atom. The number of pyridine rings is 1. The van der Waals surface area contributed by atoms with Gasteiger partial charge < -0.3 is 17.4 Å². The second kappa shape index (κ2) is 4.00. The van der Waals surface area contributed by atoms with Gasteiger partial charge >= 0.3 is 0 Å². The topological polar surface area (TPSA) is 29.9 Å². The molecule has 0 atom stereocenters. The monoisotopic (exact) mass is 254 g/mol. The van der Waals surface area contributed by atoms with Gasteiger partial charge in [-0.3, -0.25) is 0 Å². The Labute approximate surface area is 110 Å². The average molecular weight is 255 g/mol. The minimum Gasteiger partial charge on any atom is -1.00 e. The van der Waals surface area contributed by atoms with Crippen LogP contribution in [0, 0.1) is 0 Å². The first kappa shape index (κ1) is 11.1. The van der Waals surface area contributed by atoms with Crippen LogP contribution < -0.4 is 17.4 Å². The first-order valence-electron chi connectivity index (χ1n) is 5.73. The molecule has 4 rings (SSSR count). The number of hydrogen-bond acceptors (Lipinski definition) is 0. The summed E-state index contributed by atoms with van der Waals surface area (Å²) in [5.41, 5.74) is 3.57. The third kappa shape index (κ3) is 1.39. The summed E-state index contributed by atoms with van der Waals surface area (Å²) in [6.45, 7) is 0. The molecule has 0 saturated heterocycles. The van der Waals surface area contributed by atoms with E-state index in [1.165, 1.54) is 32.7 Å². The van der Waals surface area contributed by atoms with Crippen molar-refractivity contribution in [1.82, 2.24) is 4.98 Å². The van der Waals surface area contributed by atoms with Crippen molar-refractivity contribution in [3.63, 3.8) is 0 Å². The lowest BCUT2D eigenvalue weighted by Crippen LogP contribution is -3.00. The van der Waals surface area contributed by atoms with E-state index >= 15 is 0 Å². The van der Waals surface area contributed by atoms with Crippen molar-refractivity contribution in [2.75, 3.05) is 0 Å². The zero-order valence-electron chi connectivity index (χ0n) is 9.57. The average Bonchev–Trinajstić information content (AvgIpc) is 2.77. The van der Waals surface area contributed by atoms with Crippen LogP contribution in [0.15, 0.2) is 54.7 Å². The molecule has 88 valence electrons. The van der Waals surface area contributed by atoms with Crippen LogP contribution in [0.4, 0.5) is 0 Å². The lowest BCUT2D eigenvalue weighted by molar-refractivity contribution is -0.343. The molecule has 0 unspecified atom stereocenters. The molecule has 0 aliphatic heterocycles. The van der Waals surface area contributed by atoms with Crippen LogP contribution in [0.5, 0.6) is 0 Å². The summed E-state index contributed by atoms with van der Waals surface area (Å²) < 4.78 is 0. The molecule has 3 heteroatoms. The molecule has 4 aromatic rings. The van der Waals surface area contributed by atoms with Gasteiger partial charge in [0.05, 0.1) is 10.9 Å². The molecule has 0 bridgehead atoms. The molecular formula is C15H11ClN2. The number of para-hydroxylation sites is 1. The minimum absolute atomic E-state index is 0. The van der Waals surface area contributed by atoms with Crippen LogP contribution in [-0.4, -0.2) is 4.98 Å². The quantitative estimate of drug-likeness (QED) is 0.468. The third-order valence-corrected chi connectivity index (χ3v) is 3.30. The summed E-state index contributed by atoms with van der Waals surface area (Å²) in [6, 6.07) is 16.9. The molecule has 0 spiro atoms. The maximum Gasteiger partial charge on any atom is 0.220 e. The summed E-state index contributed by atoms with van der Waals surface area (Å²) >= 11 is 0. The zero-order valence-corrected chi connectivity index (χ0v) is 10.3. The fourth-order valence-corrected chi connectivity index (χ4v) is 2.54. The predicted octanol–water partition coefficient (Wildman–Crippen LogP) is 0.292. The van der Waals surface area contributed by atoms with Crippen molar-refractivity contribution in [3.05, 3.63) is 54.7 Å². The Balaban J connectivity index is 0.000001000. The van der Waals surface area contributed by atoms with E-state index < -0.39 is 0 Å². The summed E-state index contributed by atoms with van der Waals surface area (Å²) in [7, 11) is 0. The summed E-state index contributed by atoms with van der Waals surface area (Å²) in [6.07, 6.45) is 1.98. The van der Waals surface area contributed by atoms with Crippen molar-refractivity contribution < 1.29 is 17.4 Å². The SMILES string of the molecule is [Cl-].c1c[nH+]c2c(c1)ccc1[nH]c3ccccc3c12. The van der Waals surface area contributed by atoms with Gasteiger partial charge in [-0.05, 0) is 24.3 Å². The van der Waals surface area contributed by atoms with Gasteiger partial charge in [-0.2, -0.15) is 0 Å². The number of hydrogen-bond donors (Lipinski definition) is 1. The van der Waals surface area contributed by atoms with E-state index in [9.17, 15) is 0 Å². The van der Waals surface area contributed by atoms with E-state index in [0.717, 1.165) is 0 Å². The highest BCUT2D eigenvalue weighted by molar-refractivity contribution is 6.17. The van der Waals surface area contributed by atoms with Gasteiger partial charge in [0, 0.05) is 22.4 Å². The predicted molar refractivity (Wildman–Crippen MR) is 69.9 cm³/mol. The van der Waals surface area contributed by atoms with Crippen LogP contribution in [-0.2, 0) is 0 Å². The van der Waals surface area contributed by atoms with Crippen LogP contribution in [0.1, 0.15) is 0 Å². The van der Waals surface area contributed by atoms with Gasteiger partial charge in [0.1, 0.15) is 0 Å². The van der Waals surface area contributed by atoms with Gasteiger partial charge in [0.15, 0.2) is 6.20 Å². The second-order valence-corrected chi connectivity index (χ2v) is 4.29. The van der Waals surface area contributed by atoms with E-state index in [2.05, 4.69) is 52.4 Å². The molecule has 0 fully saturated rings. The lowest BCUT2D eigenvalue weighted by atomic mass is 10.1. The highest BCUT2D eigenvalue weighted by atomic mass is 35.5. The molecule has 0 amide bonds. The number of aromatic amines is 2. The molecule has 0 radical (unpaired) electrons. The highest BCUT2D eigenvalue weighted by Gasteiger charge is 2.11. The van der Waals surface area contributed by atoms with E-state index in [0.29, 0.717) is 0 Å². The van der Waals surface area contributed by atoms with Crippen molar-refractivity contribution in [3.8, 4) is 0 Å². The van der Waals surface area contributed by atoms with Gasteiger partial charge in [-0.25, -0.2) is 4.98 Å². The van der Waals surface area contributed by atoms with E-state index in [1.54, 1.807) is 0 Å². The van der Waals surface area contributed by atoms with Crippen LogP contribution in [0.3, 0.4) is 0 Å². The van der Waals surface area contributed by atoms with Crippen LogP contribution in [0.2, 0.25) is 0 Å². The number of benzene rings is 2. The molecule has 2 nitrogen and oxygen atoms in total.